The summed E-state index contributed by atoms with van der Waals surface area (Å²) in [5.41, 5.74) is 0. The van der Waals surface area contributed by atoms with Crippen molar-refractivity contribution in [1.82, 2.24) is 0 Å². The van der Waals surface area contributed by atoms with E-state index in [2.05, 4.69) is 4.74 Å². The van der Waals surface area contributed by atoms with Gasteiger partial charge in [0.25, 0.3) is 0 Å². The summed E-state index contributed by atoms with van der Waals surface area (Å²) in [6.45, 7) is 0. The number of rotatable bonds is 1. The summed E-state index contributed by atoms with van der Waals surface area (Å²) in [7, 11) is 1.30. The highest BCUT2D eigenvalue weighted by Crippen LogP contribution is 2.24. The van der Waals surface area contributed by atoms with Gasteiger partial charge >= 0.3 is 5.97 Å². The van der Waals surface area contributed by atoms with Crippen LogP contribution in [-0.4, -0.2) is 24.2 Å². The van der Waals surface area contributed by atoms with Gasteiger partial charge in [0.2, 0.25) is 0 Å². The van der Waals surface area contributed by atoms with Gasteiger partial charge in [0.1, 0.15) is 5.92 Å². The normalized spacial score (nSPS) is 29.5. The second-order valence-electron chi connectivity index (χ2n) is 3.23. The predicted molar refractivity (Wildman–Crippen MR) is 48.6 cm³/mol. The lowest BCUT2D eigenvalue weighted by Gasteiger charge is -2.11. The molecule has 1 aliphatic rings. The van der Waals surface area contributed by atoms with Crippen molar-refractivity contribution in [2.75, 3.05) is 7.11 Å². The third-order valence-corrected chi connectivity index (χ3v) is 2.77. The molecular weight excluding hydrogens is 192 g/mol. The molecule has 1 saturated carbocycles. The van der Waals surface area contributed by atoms with E-state index in [4.69, 9.17) is 11.6 Å². The van der Waals surface area contributed by atoms with Crippen LogP contribution in [0.2, 0.25) is 0 Å². The molecule has 0 aromatic heterocycles. The second-order valence-corrected chi connectivity index (χ2v) is 3.76. The molecule has 0 aromatic rings. The fourth-order valence-electron chi connectivity index (χ4n) is 1.55. The van der Waals surface area contributed by atoms with E-state index in [1.165, 1.54) is 7.11 Å². The van der Waals surface area contributed by atoms with Gasteiger partial charge in [-0.05, 0) is 12.8 Å². The van der Waals surface area contributed by atoms with E-state index in [-0.39, 0.29) is 5.78 Å². The summed E-state index contributed by atoms with van der Waals surface area (Å²) < 4.78 is 4.55. The first-order valence-electron chi connectivity index (χ1n) is 4.42. The molecule has 0 aliphatic heterocycles. The SMILES string of the molecule is COC(=O)C1CCCCC(Cl)C1=O. The molecule has 1 aliphatic carbocycles. The molecular formula is C9H13ClO3. The Morgan fingerprint density at radius 1 is 1.46 bits per heavy atom. The lowest BCUT2D eigenvalue weighted by atomic mass is 9.99. The first-order valence-corrected chi connectivity index (χ1v) is 4.86. The van der Waals surface area contributed by atoms with Crippen LogP contribution in [0.15, 0.2) is 0 Å². The molecule has 13 heavy (non-hydrogen) atoms. The topological polar surface area (TPSA) is 43.4 Å². The number of hydrogen-bond acceptors (Lipinski definition) is 3. The quantitative estimate of drug-likeness (QED) is 0.282. The van der Waals surface area contributed by atoms with E-state index in [1.54, 1.807) is 0 Å². The van der Waals surface area contributed by atoms with Crippen molar-refractivity contribution >= 4 is 23.4 Å². The molecule has 4 heteroatoms. The van der Waals surface area contributed by atoms with E-state index >= 15 is 0 Å². The first-order chi connectivity index (χ1) is 6.16. The van der Waals surface area contributed by atoms with Crippen molar-refractivity contribution in [3.63, 3.8) is 0 Å². The number of hydrogen-bond donors (Lipinski definition) is 0. The molecule has 2 atom stereocenters. The minimum absolute atomic E-state index is 0.175. The lowest BCUT2D eigenvalue weighted by molar-refractivity contribution is -0.149. The van der Waals surface area contributed by atoms with E-state index in [1.807, 2.05) is 0 Å². The molecule has 2 unspecified atom stereocenters. The zero-order chi connectivity index (χ0) is 9.84. The Morgan fingerprint density at radius 2 is 2.08 bits per heavy atom. The van der Waals surface area contributed by atoms with Gasteiger partial charge < -0.3 is 4.74 Å². The fraction of sp³-hybridized carbons (Fsp3) is 0.778. The van der Waals surface area contributed by atoms with Crippen LogP contribution in [0.3, 0.4) is 0 Å². The molecule has 0 saturated heterocycles. The Balaban J connectivity index is 2.70. The van der Waals surface area contributed by atoms with Gasteiger partial charge in [-0.15, -0.1) is 11.6 Å². The maximum Gasteiger partial charge on any atom is 0.316 e. The van der Waals surface area contributed by atoms with E-state index in [0.29, 0.717) is 12.8 Å². The molecule has 1 fully saturated rings. The average molecular weight is 205 g/mol. The number of halogens is 1. The Kier molecular flexibility index (Phi) is 3.72. The van der Waals surface area contributed by atoms with Crippen molar-refractivity contribution in [3.05, 3.63) is 0 Å². The van der Waals surface area contributed by atoms with Crippen LogP contribution in [-0.2, 0) is 14.3 Å². The largest absolute Gasteiger partial charge is 0.468 e. The number of alkyl halides is 1. The van der Waals surface area contributed by atoms with Crippen molar-refractivity contribution in [2.24, 2.45) is 5.92 Å². The zero-order valence-electron chi connectivity index (χ0n) is 7.59. The predicted octanol–water partition coefficient (Wildman–Crippen LogP) is 1.53. The minimum Gasteiger partial charge on any atom is -0.468 e. The van der Waals surface area contributed by atoms with E-state index in [9.17, 15) is 9.59 Å². The highest BCUT2D eigenvalue weighted by atomic mass is 35.5. The fourth-order valence-corrected chi connectivity index (χ4v) is 1.86. The molecule has 0 bridgehead atoms. The molecule has 1 rings (SSSR count). The van der Waals surface area contributed by atoms with E-state index in [0.717, 1.165) is 12.8 Å². The number of ketones is 1. The van der Waals surface area contributed by atoms with Crippen molar-refractivity contribution in [3.8, 4) is 0 Å². The van der Waals surface area contributed by atoms with Crippen LogP contribution in [0.1, 0.15) is 25.7 Å². The number of carbonyl (C=O) groups is 2. The Labute approximate surface area is 82.4 Å². The van der Waals surface area contributed by atoms with Crippen LogP contribution < -0.4 is 0 Å². The zero-order valence-corrected chi connectivity index (χ0v) is 8.34. The molecule has 0 radical (unpaired) electrons. The standard InChI is InChI=1S/C9H13ClO3/c1-13-9(12)6-4-2-3-5-7(10)8(6)11/h6-7H,2-5H2,1H3. The Bertz CT molecular complexity index is 215. The molecule has 0 heterocycles. The van der Waals surface area contributed by atoms with Crippen LogP contribution in [0.5, 0.6) is 0 Å². The summed E-state index contributed by atoms with van der Waals surface area (Å²) in [6.07, 6.45) is 3.03. The van der Waals surface area contributed by atoms with Gasteiger partial charge in [-0.25, -0.2) is 0 Å². The molecule has 3 nitrogen and oxygen atoms in total. The molecule has 74 valence electrons. The minimum atomic E-state index is -0.630. The van der Waals surface area contributed by atoms with Crippen molar-refractivity contribution in [2.45, 2.75) is 31.1 Å². The van der Waals surface area contributed by atoms with Crippen molar-refractivity contribution in [1.29, 1.82) is 0 Å². The number of Topliss-reactive ketones (excluding diaryl/α,β-unsaturated/α-hetero) is 1. The number of methoxy groups -OCH3 is 1. The summed E-state index contributed by atoms with van der Waals surface area (Å²) in [4.78, 5) is 22.7. The van der Waals surface area contributed by atoms with Crippen LogP contribution in [0, 0.1) is 5.92 Å². The van der Waals surface area contributed by atoms with Crippen molar-refractivity contribution < 1.29 is 14.3 Å². The van der Waals surface area contributed by atoms with Gasteiger partial charge in [0, 0.05) is 0 Å². The summed E-state index contributed by atoms with van der Waals surface area (Å²) in [5, 5.41) is -0.508. The summed E-state index contributed by atoms with van der Waals surface area (Å²) in [6, 6.07) is 0. The molecule has 0 spiro atoms. The van der Waals surface area contributed by atoms with Gasteiger partial charge in [-0.1, -0.05) is 12.8 Å². The Morgan fingerprint density at radius 3 is 2.69 bits per heavy atom. The average Bonchev–Trinajstić information content (AvgIpc) is 2.29. The van der Waals surface area contributed by atoms with Gasteiger partial charge in [-0.3, -0.25) is 9.59 Å². The monoisotopic (exact) mass is 204 g/mol. The Hall–Kier alpha value is -0.570. The smallest absolute Gasteiger partial charge is 0.316 e. The third-order valence-electron chi connectivity index (χ3n) is 2.34. The van der Waals surface area contributed by atoms with Crippen LogP contribution in [0.25, 0.3) is 0 Å². The maximum absolute atomic E-state index is 11.5. The second kappa shape index (κ2) is 4.61. The molecule has 0 amide bonds. The van der Waals surface area contributed by atoms with Gasteiger partial charge in [0.15, 0.2) is 5.78 Å². The summed E-state index contributed by atoms with van der Waals surface area (Å²) in [5.74, 6) is -1.25. The highest BCUT2D eigenvalue weighted by Gasteiger charge is 2.33. The number of esters is 1. The third kappa shape index (κ3) is 2.44. The van der Waals surface area contributed by atoms with Crippen LogP contribution >= 0.6 is 11.6 Å². The summed E-state index contributed by atoms with van der Waals surface area (Å²) >= 11 is 5.81. The maximum atomic E-state index is 11.5. The lowest BCUT2D eigenvalue weighted by Crippen LogP contribution is -2.29. The molecule has 0 aromatic carbocycles. The number of ether oxygens (including phenoxy) is 1. The van der Waals surface area contributed by atoms with Crippen LogP contribution in [0.4, 0.5) is 0 Å². The van der Waals surface area contributed by atoms with Gasteiger partial charge in [0.05, 0.1) is 12.5 Å². The highest BCUT2D eigenvalue weighted by molar-refractivity contribution is 6.32. The van der Waals surface area contributed by atoms with Gasteiger partial charge in [-0.2, -0.15) is 0 Å². The first kappa shape index (κ1) is 10.5. The van der Waals surface area contributed by atoms with E-state index < -0.39 is 17.3 Å². The number of carbonyl (C=O) groups excluding carboxylic acids is 2. The molecule has 0 N–H and O–H groups in total.